The molecule has 0 saturated carbocycles. The van der Waals surface area contributed by atoms with Crippen LogP contribution >= 0.6 is 11.3 Å². The minimum Gasteiger partial charge on any atom is -0.309 e. The third kappa shape index (κ3) is 5.45. The van der Waals surface area contributed by atoms with Crippen molar-refractivity contribution < 1.29 is 0 Å². The van der Waals surface area contributed by atoms with Crippen molar-refractivity contribution in [3.05, 3.63) is 271 Å². The van der Waals surface area contributed by atoms with Gasteiger partial charge in [0.15, 0.2) is 17.5 Å². The molecule has 4 aromatic heterocycles. The van der Waals surface area contributed by atoms with Gasteiger partial charge in [-0.05, 0) is 81.4 Å². The topological polar surface area (TPSA) is 48.5 Å². The molecule has 0 atom stereocenters. The molecular formula is C70H41N5S. The Labute approximate surface area is 440 Å². The first-order valence-corrected chi connectivity index (χ1v) is 26.8. The summed E-state index contributed by atoms with van der Waals surface area (Å²) in [5.41, 5.74) is 19.6. The smallest absolute Gasteiger partial charge is 0.164 e. The normalized spacial score (nSPS) is 13.1. The summed E-state index contributed by atoms with van der Waals surface area (Å²) in [6, 6.07) is 90.8. The van der Waals surface area contributed by atoms with Gasteiger partial charge in [-0.25, -0.2) is 15.0 Å². The first-order valence-electron chi connectivity index (χ1n) is 25.9. The Hall–Kier alpha value is -9.75. The average molecular weight is 984 g/mol. The van der Waals surface area contributed by atoms with E-state index in [2.05, 4.69) is 221 Å². The Kier molecular flexibility index (Phi) is 8.58. The minimum absolute atomic E-state index is 0.624. The van der Waals surface area contributed by atoms with Crippen molar-refractivity contribution in [2.45, 2.75) is 5.41 Å². The van der Waals surface area contributed by atoms with Gasteiger partial charge < -0.3 is 9.13 Å². The first kappa shape index (κ1) is 41.7. The molecule has 0 unspecified atom stereocenters. The molecule has 0 radical (unpaired) electrons. The highest BCUT2D eigenvalue weighted by atomic mass is 32.1. The van der Waals surface area contributed by atoms with Crippen LogP contribution in [0.4, 0.5) is 0 Å². The Balaban J connectivity index is 1.08. The van der Waals surface area contributed by atoms with Crippen LogP contribution in [0, 0.1) is 0 Å². The summed E-state index contributed by atoms with van der Waals surface area (Å²) in [7, 11) is 0. The van der Waals surface area contributed by atoms with E-state index in [9.17, 15) is 0 Å². The highest BCUT2D eigenvalue weighted by Gasteiger charge is 2.54. The van der Waals surface area contributed by atoms with Gasteiger partial charge in [0.2, 0.25) is 0 Å². The van der Waals surface area contributed by atoms with Crippen LogP contribution in [0.1, 0.15) is 22.3 Å². The van der Waals surface area contributed by atoms with Crippen LogP contribution in [-0.2, 0) is 5.41 Å². The summed E-state index contributed by atoms with van der Waals surface area (Å²) in [5.74, 6) is 1.92. The number of aromatic nitrogens is 5. The van der Waals surface area contributed by atoms with E-state index in [0.717, 1.165) is 39.0 Å². The van der Waals surface area contributed by atoms with Crippen molar-refractivity contribution in [3.63, 3.8) is 0 Å². The summed E-state index contributed by atoms with van der Waals surface area (Å²) in [6.45, 7) is 0. The highest BCUT2D eigenvalue weighted by molar-refractivity contribution is 7.26. The fourth-order valence-corrected chi connectivity index (χ4v) is 14.7. The largest absolute Gasteiger partial charge is 0.309 e. The van der Waals surface area contributed by atoms with Crippen molar-refractivity contribution in [1.82, 2.24) is 24.1 Å². The lowest BCUT2D eigenvalue weighted by molar-refractivity contribution is 0.802. The van der Waals surface area contributed by atoms with Crippen LogP contribution in [0.3, 0.4) is 0 Å². The van der Waals surface area contributed by atoms with E-state index < -0.39 is 5.41 Å². The molecule has 76 heavy (non-hydrogen) atoms. The Morgan fingerprint density at radius 3 is 1.47 bits per heavy atom. The molecule has 0 bridgehead atoms. The lowest BCUT2D eigenvalue weighted by Crippen LogP contribution is -2.26. The monoisotopic (exact) mass is 983 g/mol. The number of nitrogens with zero attached hydrogens (tertiary/aromatic N) is 5. The van der Waals surface area contributed by atoms with Gasteiger partial charge in [0, 0.05) is 65.0 Å². The quantitative estimate of drug-likeness (QED) is 0.173. The van der Waals surface area contributed by atoms with Gasteiger partial charge in [0.25, 0.3) is 0 Å². The molecule has 2 aliphatic carbocycles. The van der Waals surface area contributed by atoms with Crippen LogP contribution in [0.2, 0.25) is 0 Å². The number of benzene rings is 11. The standard InChI is InChI=1S/C70H41N5S/c1-4-22-42(23-5-1)67-71-68(43-24-6-2-7-25-43)73-69(72-67)51-40-41-57(66-59(51)50-33-15-21-39-58(50)76-66)75-56-38-20-13-31-48(56)61-63-60(64-62(65(61)75)49-32-14-19-37-55(49)74(64)44-26-8-3-9-27-44)47-30-12-18-36-54(47)70(63)52-34-16-10-28-45(52)46-29-11-17-35-53(46)70/h1-41H. The number of fused-ring (bicyclic) bond motifs is 22. The number of para-hydroxylation sites is 3. The van der Waals surface area contributed by atoms with E-state index in [1.807, 2.05) is 47.7 Å². The van der Waals surface area contributed by atoms with Crippen molar-refractivity contribution in [3.8, 4) is 67.8 Å². The summed E-state index contributed by atoms with van der Waals surface area (Å²) in [5, 5.41) is 7.22. The second-order valence-corrected chi connectivity index (χ2v) is 21.1. The summed E-state index contributed by atoms with van der Waals surface area (Å²) >= 11 is 1.84. The predicted octanol–water partition coefficient (Wildman–Crippen LogP) is 17.8. The van der Waals surface area contributed by atoms with Gasteiger partial charge in [-0.2, -0.15) is 0 Å². The van der Waals surface area contributed by atoms with Crippen molar-refractivity contribution in [2.24, 2.45) is 0 Å². The molecule has 1 spiro atoms. The Morgan fingerprint density at radius 1 is 0.342 bits per heavy atom. The molecule has 17 rings (SSSR count). The van der Waals surface area contributed by atoms with E-state index in [1.165, 1.54) is 97.4 Å². The molecule has 0 saturated heterocycles. The highest BCUT2D eigenvalue weighted by Crippen LogP contribution is 2.67. The van der Waals surface area contributed by atoms with E-state index >= 15 is 0 Å². The molecule has 15 aromatic rings. The van der Waals surface area contributed by atoms with Crippen LogP contribution in [0.15, 0.2) is 249 Å². The third-order valence-electron chi connectivity index (χ3n) is 16.4. The molecule has 352 valence electrons. The molecule has 0 amide bonds. The molecule has 2 aliphatic rings. The van der Waals surface area contributed by atoms with E-state index in [-0.39, 0.29) is 0 Å². The Bertz CT molecular complexity index is 4830. The molecule has 0 aliphatic heterocycles. The lowest BCUT2D eigenvalue weighted by Gasteiger charge is -2.31. The molecule has 4 heterocycles. The number of rotatable bonds is 5. The van der Waals surface area contributed by atoms with Crippen LogP contribution in [-0.4, -0.2) is 24.1 Å². The first-order chi connectivity index (χ1) is 37.8. The van der Waals surface area contributed by atoms with Gasteiger partial charge in [-0.1, -0.05) is 206 Å². The fraction of sp³-hybridized carbons (Fsp3) is 0.0143. The van der Waals surface area contributed by atoms with Gasteiger partial charge in [-0.15, -0.1) is 11.3 Å². The summed E-state index contributed by atoms with van der Waals surface area (Å²) in [4.78, 5) is 15.8. The van der Waals surface area contributed by atoms with Gasteiger partial charge in [0.05, 0.1) is 37.9 Å². The molecule has 5 nitrogen and oxygen atoms in total. The SMILES string of the molecule is c1ccc(-c2nc(-c3ccccc3)nc(-c3ccc(-n4c5ccccc5c5c6c(c7c(c8ccccc8n7-c7ccccc7)c54)-c4ccccc4C64c5ccccc5-c5ccccc54)c4sc5ccccc5c34)n2)cc1. The predicted molar refractivity (Wildman–Crippen MR) is 314 cm³/mol. The van der Waals surface area contributed by atoms with Gasteiger partial charge >= 0.3 is 0 Å². The number of hydrogen-bond donors (Lipinski definition) is 0. The van der Waals surface area contributed by atoms with Crippen LogP contribution < -0.4 is 0 Å². The van der Waals surface area contributed by atoms with Crippen molar-refractivity contribution in [1.29, 1.82) is 0 Å². The van der Waals surface area contributed by atoms with Crippen molar-refractivity contribution in [2.75, 3.05) is 0 Å². The summed E-state index contributed by atoms with van der Waals surface area (Å²) in [6.07, 6.45) is 0. The van der Waals surface area contributed by atoms with Gasteiger partial charge in [-0.3, -0.25) is 0 Å². The molecule has 11 aromatic carbocycles. The molecule has 0 N–H and O–H groups in total. The van der Waals surface area contributed by atoms with Crippen LogP contribution in [0.5, 0.6) is 0 Å². The summed E-state index contributed by atoms with van der Waals surface area (Å²) < 4.78 is 7.55. The average Bonchev–Trinajstić information content (AvgIpc) is 4.41. The zero-order valence-electron chi connectivity index (χ0n) is 40.8. The lowest BCUT2D eigenvalue weighted by atomic mass is 9.69. The van der Waals surface area contributed by atoms with E-state index in [1.54, 1.807) is 0 Å². The number of hydrogen-bond acceptors (Lipinski definition) is 4. The zero-order valence-corrected chi connectivity index (χ0v) is 41.6. The maximum absolute atomic E-state index is 5.34. The van der Waals surface area contributed by atoms with E-state index in [0.29, 0.717) is 17.5 Å². The van der Waals surface area contributed by atoms with Crippen molar-refractivity contribution >= 4 is 75.1 Å². The minimum atomic E-state index is -0.624. The maximum Gasteiger partial charge on any atom is 0.164 e. The van der Waals surface area contributed by atoms with Crippen LogP contribution in [0.25, 0.3) is 132 Å². The Morgan fingerprint density at radius 2 is 0.829 bits per heavy atom. The molecule has 0 fully saturated rings. The number of thiophene rings is 1. The van der Waals surface area contributed by atoms with Gasteiger partial charge in [0.1, 0.15) is 0 Å². The fourth-order valence-electron chi connectivity index (χ4n) is 13.5. The molecule has 6 heteroatoms. The maximum atomic E-state index is 5.34. The third-order valence-corrected chi connectivity index (χ3v) is 17.5. The second-order valence-electron chi connectivity index (χ2n) is 20.1. The second kappa shape index (κ2) is 15.6. The van der Waals surface area contributed by atoms with E-state index in [4.69, 9.17) is 15.0 Å². The zero-order chi connectivity index (χ0) is 49.6. The molecular weight excluding hydrogens is 943 g/mol.